The van der Waals surface area contributed by atoms with Crippen LogP contribution in [-0.2, 0) is 0 Å². The van der Waals surface area contributed by atoms with Crippen LogP contribution in [0.15, 0.2) is 41.2 Å². The van der Waals surface area contributed by atoms with E-state index in [0.717, 1.165) is 16.4 Å². The maximum Gasteiger partial charge on any atom is 0.414 e. The van der Waals surface area contributed by atoms with Crippen LogP contribution in [0, 0.1) is 6.92 Å². The van der Waals surface area contributed by atoms with Crippen molar-refractivity contribution in [2.24, 2.45) is 0 Å². The molecule has 0 bridgehead atoms. The Balaban J connectivity index is 1.79. The Bertz CT molecular complexity index is 1250. The molecular weight excluding hydrogens is 354 g/mol. The molecule has 1 saturated carbocycles. The molecule has 0 amide bonds. The van der Waals surface area contributed by atoms with E-state index in [-0.39, 0.29) is 11.5 Å². The van der Waals surface area contributed by atoms with Crippen LogP contribution in [0.4, 0.5) is 0 Å². The van der Waals surface area contributed by atoms with Crippen molar-refractivity contribution in [2.45, 2.75) is 38.5 Å². The number of aryl methyl sites for hydroxylation is 1. The van der Waals surface area contributed by atoms with Crippen molar-refractivity contribution < 1.29 is 13.3 Å². The molecular formula is C19H15NO5S. The summed E-state index contributed by atoms with van der Waals surface area (Å²) >= 11 is 0.677. The van der Waals surface area contributed by atoms with Gasteiger partial charge in [-0.05, 0) is 37.3 Å². The van der Waals surface area contributed by atoms with E-state index in [1.165, 1.54) is 31.2 Å². The molecule has 1 fully saturated rings. The average molecular weight is 369 g/mol. The summed E-state index contributed by atoms with van der Waals surface area (Å²) in [6.45, 7) is 1.81. The lowest BCUT2D eigenvalue weighted by atomic mass is 9.95. The fourth-order valence-electron chi connectivity index (χ4n) is 3.98. The molecule has 1 aliphatic carbocycles. The number of nitrogens with zero attached hydrogens (tertiary/aromatic N) is 1. The normalized spacial score (nSPS) is 15.4. The van der Waals surface area contributed by atoms with Gasteiger partial charge in [-0.15, -0.1) is 4.37 Å². The minimum Gasteiger partial charge on any atom is -0.464 e. The van der Waals surface area contributed by atoms with Gasteiger partial charge in [0.2, 0.25) is 5.89 Å². The Morgan fingerprint density at radius 3 is 2.62 bits per heavy atom. The van der Waals surface area contributed by atoms with Crippen LogP contribution in [0.1, 0.15) is 42.7 Å². The van der Waals surface area contributed by atoms with Gasteiger partial charge < -0.3 is 13.3 Å². The number of fused-ring (bicyclic) bond motifs is 2. The van der Waals surface area contributed by atoms with Crippen molar-refractivity contribution in [3.05, 3.63) is 49.7 Å². The third kappa shape index (κ3) is 2.27. The van der Waals surface area contributed by atoms with Gasteiger partial charge in [-0.1, -0.05) is 12.8 Å². The summed E-state index contributed by atoms with van der Waals surface area (Å²) < 4.78 is 20.2. The van der Waals surface area contributed by atoms with Crippen LogP contribution in [0.25, 0.3) is 33.4 Å². The molecule has 0 unspecified atom stereocenters. The van der Waals surface area contributed by atoms with Gasteiger partial charge in [0.05, 0.1) is 17.8 Å². The summed E-state index contributed by atoms with van der Waals surface area (Å²) in [4.78, 5) is 23.2. The fourth-order valence-corrected chi connectivity index (χ4v) is 4.39. The third-order valence-corrected chi connectivity index (χ3v) is 5.77. The molecule has 0 spiro atoms. The van der Waals surface area contributed by atoms with E-state index in [9.17, 15) is 9.59 Å². The van der Waals surface area contributed by atoms with E-state index in [4.69, 9.17) is 13.3 Å². The van der Waals surface area contributed by atoms with Crippen LogP contribution in [0.3, 0.4) is 0 Å². The number of benzene rings is 1. The predicted molar refractivity (Wildman–Crippen MR) is 97.8 cm³/mol. The maximum atomic E-state index is 12.4. The van der Waals surface area contributed by atoms with E-state index >= 15 is 0 Å². The van der Waals surface area contributed by atoms with Crippen molar-refractivity contribution in [1.82, 2.24) is 4.37 Å². The van der Waals surface area contributed by atoms with Crippen LogP contribution in [0.2, 0.25) is 0 Å². The summed E-state index contributed by atoms with van der Waals surface area (Å²) in [5.41, 5.74) is 2.69. The molecule has 4 aromatic rings. The smallest absolute Gasteiger partial charge is 0.414 e. The standard InChI is InChI=1S/C19H15NO5S/c1-9-11-6-12-13(10-4-2-3-5-10)8-23-14(12)7-15(11)24-18(21)16(9)17-20-26-19(22)25-17/h6-8,10H,2-5H2,1H3. The molecule has 0 saturated heterocycles. The summed E-state index contributed by atoms with van der Waals surface area (Å²) in [7, 11) is 0. The van der Waals surface area contributed by atoms with E-state index in [2.05, 4.69) is 4.37 Å². The van der Waals surface area contributed by atoms with Gasteiger partial charge >= 0.3 is 10.6 Å². The van der Waals surface area contributed by atoms with Crippen LogP contribution in [-0.4, -0.2) is 4.37 Å². The van der Waals surface area contributed by atoms with Gasteiger partial charge in [0, 0.05) is 22.4 Å². The number of aromatic nitrogens is 1. The van der Waals surface area contributed by atoms with Crippen LogP contribution >= 0.6 is 11.5 Å². The number of furan rings is 1. The zero-order chi connectivity index (χ0) is 17.8. The lowest BCUT2D eigenvalue weighted by molar-refractivity contribution is 0.525. The highest BCUT2D eigenvalue weighted by Gasteiger charge is 2.23. The molecule has 3 heterocycles. The molecule has 1 aromatic carbocycles. The Hall–Kier alpha value is -2.67. The Labute approximate surface area is 151 Å². The van der Waals surface area contributed by atoms with Gasteiger partial charge in [0.15, 0.2) is 0 Å². The topological polar surface area (TPSA) is 86.5 Å². The Kier molecular flexibility index (Phi) is 3.40. The molecule has 132 valence electrons. The molecule has 1 aliphatic rings. The van der Waals surface area contributed by atoms with E-state index < -0.39 is 10.6 Å². The van der Waals surface area contributed by atoms with Crippen molar-refractivity contribution in [3.63, 3.8) is 0 Å². The molecule has 6 nitrogen and oxygen atoms in total. The first-order valence-electron chi connectivity index (χ1n) is 8.57. The second-order valence-corrected chi connectivity index (χ2v) is 7.44. The number of hydrogen-bond donors (Lipinski definition) is 0. The maximum absolute atomic E-state index is 12.4. The highest BCUT2D eigenvalue weighted by molar-refractivity contribution is 7.02. The first-order chi connectivity index (χ1) is 12.6. The zero-order valence-electron chi connectivity index (χ0n) is 14.0. The van der Waals surface area contributed by atoms with Gasteiger partial charge in [0.1, 0.15) is 16.7 Å². The van der Waals surface area contributed by atoms with E-state index in [1.54, 1.807) is 6.07 Å². The molecule has 0 aliphatic heterocycles. The molecule has 26 heavy (non-hydrogen) atoms. The quantitative estimate of drug-likeness (QED) is 0.481. The van der Waals surface area contributed by atoms with Crippen molar-refractivity contribution in [3.8, 4) is 11.5 Å². The monoisotopic (exact) mass is 369 g/mol. The lowest BCUT2D eigenvalue weighted by Gasteiger charge is -2.08. The first-order valence-corrected chi connectivity index (χ1v) is 9.35. The molecule has 0 N–H and O–H groups in total. The van der Waals surface area contributed by atoms with Crippen LogP contribution in [0.5, 0.6) is 0 Å². The summed E-state index contributed by atoms with van der Waals surface area (Å²) in [5.74, 6) is 0.525. The first kappa shape index (κ1) is 15.6. The molecule has 3 aromatic heterocycles. The number of rotatable bonds is 2. The Morgan fingerprint density at radius 1 is 1.08 bits per heavy atom. The molecule has 7 heteroatoms. The summed E-state index contributed by atoms with van der Waals surface area (Å²) in [6.07, 6.45) is 6.65. The van der Waals surface area contributed by atoms with Gasteiger partial charge in [-0.25, -0.2) is 9.59 Å². The third-order valence-electron chi connectivity index (χ3n) is 5.28. The molecule has 0 atom stereocenters. The second-order valence-electron chi connectivity index (χ2n) is 6.75. The average Bonchev–Trinajstić information content (AvgIpc) is 3.33. The number of hydrogen-bond acceptors (Lipinski definition) is 7. The SMILES string of the molecule is Cc1c(-c2nsc(=O)o2)c(=O)oc2cc3occ(C4CCCC4)c3cc12. The Morgan fingerprint density at radius 2 is 1.88 bits per heavy atom. The summed E-state index contributed by atoms with van der Waals surface area (Å²) in [5, 5.41) is 1.84. The lowest BCUT2D eigenvalue weighted by Crippen LogP contribution is -2.06. The van der Waals surface area contributed by atoms with Gasteiger partial charge in [-0.2, -0.15) is 0 Å². The fraction of sp³-hybridized carbons (Fsp3) is 0.316. The van der Waals surface area contributed by atoms with Gasteiger partial charge in [0.25, 0.3) is 0 Å². The van der Waals surface area contributed by atoms with Gasteiger partial charge in [-0.3, -0.25) is 0 Å². The predicted octanol–water partition coefficient (Wildman–Crippen LogP) is 4.58. The minimum atomic E-state index is -0.578. The highest BCUT2D eigenvalue weighted by atomic mass is 32.1. The largest absolute Gasteiger partial charge is 0.464 e. The highest BCUT2D eigenvalue weighted by Crippen LogP contribution is 2.40. The summed E-state index contributed by atoms with van der Waals surface area (Å²) in [6, 6.07) is 3.77. The minimum absolute atomic E-state index is 0.0106. The molecule has 0 radical (unpaired) electrons. The van der Waals surface area contributed by atoms with Crippen molar-refractivity contribution in [1.29, 1.82) is 0 Å². The van der Waals surface area contributed by atoms with E-state index in [1.807, 2.05) is 19.3 Å². The van der Waals surface area contributed by atoms with Crippen molar-refractivity contribution in [2.75, 3.05) is 0 Å². The molecule has 5 rings (SSSR count). The van der Waals surface area contributed by atoms with Crippen LogP contribution < -0.4 is 10.6 Å². The second kappa shape index (κ2) is 5.67. The van der Waals surface area contributed by atoms with Crippen molar-refractivity contribution >= 4 is 33.5 Å². The zero-order valence-corrected chi connectivity index (χ0v) is 14.9. The van der Waals surface area contributed by atoms with E-state index in [0.29, 0.717) is 28.6 Å².